The highest BCUT2D eigenvalue weighted by Crippen LogP contribution is 2.36. The van der Waals surface area contributed by atoms with Crippen LogP contribution in [0.4, 0.5) is 0 Å². The van der Waals surface area contributed by atoms with E-state index in [1.165, 1.54) is 30.3 Å². The average molecular weight is 615 g/mol. The van der Waals surface area contributed by atoms with E-state index >= 15 is 0 Å². The van der Waals surface area contributed by atoms with Gasteiger partial charge < -0.3 is 15.1 Å². The van der Waals surface area contributed by atoms with Crippen molar-refractivity contribution < 1.29 is 18.0 Å². The van der Waals surface area contributed by atoms with Crippen LogP contribution in [-0.2, 0) is 14.6 Å². The molecule has 0 aromatic heterocycles. The Labute approximate surface area is 245 Å². The van der Waals surface area contributed by atoms with Gasteiger partial charge in [-0.3, -0.25) is 9.59 Å². The number of nitrogens with one attached hydrogen (secondary N) is 1. The molecule has 0 bridgehead atoms. The van der Waals surface area contributed by atoms with Crippen molar-refractivity contribution in [3.05, 3.63) is 63.1 Å². The van der Waals surface area contributed by atoms with E-state index in [1.54, 1.807) is 17.0 Å². The molecule has 11 heteroatoms. The van der Waals surface area contributed by atoms with E-state index < -0.39 is 21.8 Å². The summed E-state index contributed by atoms with van der Waals surface area (Å²) in [7, 11) is -1.55. The second-order valence-electron chi connectivity index (χ2n) is 10.8. The van der Waals surface area contributed by atoms with E-state index in [0.29, 0.717) is 46.9 Å². The first-order chi connectivity index (χ1) is 18.4. The maximum absolute atomic E-state index is 13.5. The monoisotopic (exact) mass is 613 g/mol. The minimum Gasteiger partial charge on any atom is -0.340 e. The van der Waals surface area contributed by atoms with Gasteiger partial charge in [0.05, 0.1) is 10.6 Å². The van der Waals surface area contributed by atoms with Gasteiger partial charge in [0.15, 0.2) is 9.84 Å². The highest BCUT2D eigenvalue weighted by molar-refractivity contribution is 7.91. The van der Waals surface area contributed by atoms with Crippen molar-refractivity contribution in [3.8, 4) is 0 Å². The Morgan fingerprint density at radius 3 is 2.28 bits per heavy atom. The SMILES string of the molecule is CC(C)N(C)[C@@H]1CC[C@H](N2CC[C@H](NC(=O)c3cc(Cl)cc(Cl)c3)C2=O)[C@H](CS(=O)(=O)c2ccc(Cl)cc2)C1. The lowest BCUT2D eigenvalue weighted by Gasteiger charge is -2.44. The molecule has 39 heavy (non-hydrogen) atoms. The number of hydrogen-bond acceptors (Lipinski definition) is 5. The van der Waals surface area contributed by atoms with Gasteiger partial charge in [-0.15, -0.1) is 0 Å². The van der Waals surface area contributed by atoms with Gasteiger partial charge in [-0.25, -0.2) is 8.42 Å². The minimum atomic E-state index is -3.61. The normalized spacial score (nSPS) is 24.0. The highest BCUT2D eigenvalue weighted by atomic mass is 35.5. The third-order valence-electron chi connectivity index (χ3n) is 7.98. The summed E-state index contributed by atoms with van der Waals surface area (Å²) in [5.41, 5.74) is 0.280. The molecule has 0 unspecified atom stereocenters. The topological polar surface area (TPSA) is 86.8 Å². The number of benzene rings is 2. The van der Waals surface area contributed by atoms with Gasteiger partial charge in [-0.1, -0.05) is 34.8 Å². The van der Waals surface area contributed by atoms with Gasteiger partial charge in [0.1, 0.15) is 6.04 Å². The molecule has 2 aliphatic rings. The lowest BCUT2D eigenvalue weighted by molar-refractivity contribution is -0.133. The van der Waals surface area contributed by atoms with Crippen LogP contribution in [0.25, 0.3) is 0 Å². The molecular formula is C28H34Cl3N3O4S. The molecule has 2 aromatic carbocycles. The van der Waals surface area contributed by atoms with Crippen molar-refractivity contribution in [1.29, 1.82) is 0 Å². The summed E-state index contributed by atoms with van der Waals surface area (Å²) in [5, 5.41) is 3.96. The number of hydrogen-bond donors (Lipinski definition) is 1. The number of nitrogens with zero attached hydrogens (tertiary/aromatic N) is 2. The number of sulfone groups is 1. The summed E-state index contributed by atoms with van der Waals surface area (Å²) in [6.45, 7) is 4.69. The van der Waals surface area contributed by atoms with Gasteiger partial charge >= 0.3 is 0 Å². The van der Waals surface area contributed by atoms with E-state index in [2.05, 4.69) is 31.1 Å². The maximum atomic E-state index is 13.5. The molecule has 2 aromatic rings. The summed E-state index contributed by atoms with van der Waals surface area (Å²) in [6, 6.07) is 10.4. The Hall–Kier alpha value is -1.84. The zero-order valence-corrected chi connectivity index (χ0v) is 25.3. The first kappa shape index (κ1) is 30.1. The zero-order valence-electron chi connectivity index (χ0n) is 22.2. The molecule has 1 saturated carbocycles. The first-order valence-corrected chi connectivity index (χ1v) is 15.9. The van der Waals surface area contributed by atoms with Crippen LogP contribution < -0.4 is 5.32 Å². The van der Waals surface area contributed by atoms with Crippen LogP contribution in [0.3, 0.4) is 0 Å². The fourth-order valence-electron chi connectivity index (χ4n) is 5.72. The van der Waals surface area contributed by atoms with Gasteiger partial charge in [0.25, 0.3) is 5.91 Å². The molecule has 1 heterocycles. The van der Waals surface area contributed by atoms with Crippen LogP contribution in [0, 0.1) is 5.92 Å². The van der Waals surface area contributed by atoms with E-state index in [1.807, 2.05) is 0 Å². The Balaban J connectivity index is 1.53. The molecule has 0 spiro atoms. The molecule has 7 nitrogen and oxygen atoms in total. The standard InChI is InChI=1S/C28H34Cl3N3O4S/c1-17(2)33(3)23-6-9-26(19(14-23)16-39(37,38)24-7-4-20(29)5-8-24)34-11-10-25(28(34)36)32-27(35)18-12-21(30)15-22(31)13-18/h4-5,7-8,12-13,15,17,19,23,25-26H,6,9-11,14,16H2,1-3H3,(H,32,35)/t19-,23+,25-,26-/m0/s1. The Morgan fingerprint density at radius 1 is 1.03 bits per heavy atom. The zero-order chi connectivity index (χ0) is 28.5. The van der Waals surface area contributed by atoms with E-state index in [9.17, 15) is 18.0 Å². The van der Waals surface area contributed by atoms with Crippen molar-refractivity contribution in [1.82, 2.24) is 15.1 Å². The van der Waals surface area contributed by atoms with Crippen LogP contribution in [0.15, 0.2) is 47.4 Å². The van der Waals surface area contributed by atoms with Crippen LogP contribution in [0.2, 0.25) is 15.1 Å². The second-order valence-corrected chi connectivity index (χ2v) is 14.1. The number of halogens is 3. The lowest BCUT2D eigenvalue weighted by atomic mass is 9.81. The molecule has 0 radical (unpaired) electrons. The van der Waals surface area contributed by atoms with E-state index in [0.717, 1.165) is 6.42 Å². The molecule has 4 rings (SSSR count). The number of carbonyl (C=O) groups excluding carboxylic acids is 2. The molecule has 4 atom stereocenters. The van der Waals surface area contributed by atoms with Crippen molar-refractivity contribution in [3.63, 3.8) is 0 Å². The van der Waals surface area contributed by atoms with Crippen molar-refractivity contribution in [2.45, 2.75) is 68.6 Å². The lowest BCUT2D eigenvalue weighted by Crippen LogP contribution is -2.53. The predicted molar refractivity (Wildman–Crippen MR) is 155 cm³/mol. The largest absolute Gasteiger partial charge is 0.340 e. The van der Waals surface area contributed by atoms with Crippen LogP contribution in [0.1, 0.15) is 49.9 Å². The van der Waals surface area contributed by atoms with Crippen LogP contribution >= 0.6 is 34.8 Å². The van der Waals surface area contributed by atoms with Gasteiger partial charge in [0.2, 0.25) is 5.91 Å². The molecule has 212 valence electrons. The minimum absolute atomic E-state index is 0.0659. The van der Waals surface area contributed by atoms with Crippen molar-refractivity contribution in [2.75, 3.05) is 19.3 Å². The molecule has 1 aliphatic heterocycles. The van der Waals surface area contributed by atoms with Gasteiger partial charge in [0, 0.05) is 45.3 Å². The van der Waals surface area contributed by atoms with Crippen molar-refractivity contribution in [2.24, 2.45) is 5.92 Å². The van der Waals surface area contributed by atoms with E-state index in [4.69, 9.17) is 34.8 Å². The fourth-order valence-corrected chi connectivity index (χ4v) is 8.03. The molecule has 2 fully saturated rings. The summed E-state index contributed by atoms with van der Waals surface area (Å²) < 4.78 is 26.9. The van der Waals surface area contributed by atoms with Gasteiger partial charge in [-0.05, 0) is 95.0 Å². The number of likely N-dealkylation sites (tertiary alicyclic amines) is 1. The quantitative estimate of drug-likeness (QED) is 0.435. The molecule has 1 N–H and O–H groups in total. The fraction of sp³-hybridized carbons (Fsp3) is 0.500. The predicted octanol–water partition coefficient (Wildman–Crippen LogP) is 5.33. The first-order valence-electron chi connectivity index (χ1n) is 13.1. The second kappa shape index (κ2) is 12.4. The smallest absolute Gasteiger partial charge is 0.252 e. The molecule has 1 saturated heterocycles. The highest BCUT2D eigenvalue weighted by Gasteiger charge is 2.44. The maximum Gasteiger partial charge on any atom is 0.252 e. The third kappa shape index (κ3) is 7.09. The number of rotatable bonds is 8. The summed E-state index contributed by atoms with van der Waals surface area (Å²) in [6.07, 6.45) is 2.66. The van der Waals surface area contributed by atoms with Crippen LogP contribution in [-0.4, -0.2) is 73.5 Å². The Morgan fingerprint density at radius 2 is 1.67 bits per heavy atom. The van der Waals surface area contributed by atoms with Gasteiger partial charge in [-0.2, -0.15) is 0 Å². The molecular weight excluding hydrogens is 581 g/mol. The van der Waals surface area contributed by atoms with Crippen molar-refractivity contribution >= 4 is 56.5 Å². The Kier molecular flexibility index (Phi) is 9.54. The summed E-state index contributed by atoms with van der Waals surface area (Å²) in [5.74, 6) is -0.936. The number of carbonyl (C=O) groups is 2. The van der Waals surface area contributed by atoms with E-state index in [-0.39, 0.29) is 40.1 Å². The Bertz CT molecular complexity index is 1300. The average Bonchev–Trinajstić information content (AvgIpc) is 3.22. The summed E-state index contributed by atoms with van der Waals surface area (Å²) in [4.78, 5) is 30.7. The summed E-state index contributed by atoms with van der Waals surface area (Å²) >= 11 is 18.1. The molecule has 2 amide bonds. The van der Waals surface area contributed by atoms with Crippen LogP contribution in [0.5, 0.6) is 0 Å². The number of amides is 2. The molecule has 1 aliphatic carbocycles. The third-order valence-corrected chi connectivity index (χ3v) is 10.5.